The van der Waals surface area contributed by atoms with Crippen molar-refractivity contribution in [1.82, 2.24) is 4.90 Å². The number of carbonyl (C=O) groups excluding carboxylic acids is 1. The van der Waals surface area contributed by atoms with E-state index in [1.807, 2.05) is 75.4 Å². The summed E-state index contributed by atoms with van der Waals surface area (Å²) in [6, 6.07) is 17.4. The predicted molar refractivity (Wildman–Crippen MR) is 143 cm³/mol. The first kappa shape index (κ1) is 24.4. The summed E-state index contributed by atoms with van der Waals surface area (Å²) in [7, 11) is 1.75. The second kappa shape index (κ2) is 10.3. The second-order valence-corrected chi connectivity index (χ2v) is 10.0. The highest BCUT2D eigenvalue weighted by Gasteiger charge is 2.30. The first-order valence-corrected chi connectivity index (χ1v) is 12.3. The molecule has 0 atom stereocenters. The number of benzene rings is 3. The van der Waals surface area contributed by atoms with Crippen LogP contribution in [0.2, 0.25) is 10.0 Å². The molecule has 0 N–H and O–H groups in total. The molecule has 1 aliphatic heterocycles. The number of aryl methyl sites for hydroxylation is 3. The summed E-state index contributed by atoms with van der Waals surface area (Å²) in [6.07, 6.45) is 1.91. The van der Waals surface area contributed by atoms with Crippen LogP contribution in [-0.4, -0.2) is 23.0 Å². The van der Waals surface area contributed by atoms with E-state index in [9.17, 15) is 4.79 Å². The van der Waals surface area contributed by atoms with E-state index in [0.29, 0.717) is 26.7 Å². The minimum Gasteiger partial charge on any atom is -0.488 e. The smallest absolute Gasteiger partial charge is 0.266 e. The van der Waals surface area contributed by atoms with Crippen LogP contribution in [0.1, 0.15) is 27.8 Å². The number of rotatable bonds is 5. The van der Waals surface area contributed by atoms with Crippen LogP contribution in [0.5, 0.6) is 5.75 Å². The highest BCUT2D eigenvalue weighted by molar-refractivity contribution is 8.18. The topological polar surface area (TPSA) is 41.9 Å². The van der Waals surface area contributed by atoms with E-state index in [2.05, 4.69) is 4.99 Å². The Morgan fingerprint density at radius 1 is 0.971 bits per heavy atom. The molecule has 0 aromatic heterocycles. The fourth-order valence-electron chi connectivity index (χ4n) is 3.61. The molecule has 4 nitrogen and oxygen atoms in total. The lowest BCUT2D eigenvalue weighted by molar-refractivity contribution is -0.121. The van der Waals surface area contributed by atoms with Gasteiger partial charge in [-0.2, -0.15) is 0 Å². The third kappa shape index (κ3) is 5.49. The van der Waals surface area contributed by atoms with E-state index in [-0.39, 0.29) is 5.91 Å². The number of likely N-dealkylation sites (N-methyl/N-ethyl adjacent to an activating group) is 1. The van der Waals surface area contributed by atoms with Gasteiger partial charge < -0.3 is 4.74 Å². The largest absolute Gasteiger partial charge is 0.488 e. The fraction of sp³-hybridized carbons (Fsp3) is 0.185. The van der Waals surface area contributed by atoms with E-state index in [1.54, 1.807) is 18.0 Å². The second-order valence-electron chi connectivity index (χ2n) is 8.23. The SMILES string of the molecule is Cc1ccc(N=C2S/C(=C\c3cc(C)c(OCc4ccc(Cl)c(Cl)c4)c(C)c3)C(=O)N2C)cc1. The first-order valence-electron chi connectivity index (χ1n) is 10.7. The normalized spacial score (nSPS) is 16.1. The van der Waals surface area contributed by atoms with Crippen LogP contribution in [0.25, 0.3) is 6.08 Å². The third-order valence-electron chi connectivity index (χ3n) is 5.41. The van der Waals surface area contributed by atoms with E-state index in [1.165, 1.54) is 17.3 Å². The molecule has 0 bridgehead atoms. The molecule has 0 aliphatic carbocycles. The zero-order valence-electron chi connectivity index (χ0n) is 19.4. The molecular formula is C27H24Cl2N2O2S. The number of hydrogen-bond acceptors (Lipinski definition) is 4. The van der Waals surface area contributed by atoms with Crippen molar-refractivity contribution in [3.05, 3.63) is 97.4 Å². The standard InChI is InChI=1S/C27H24Cl2N2O2S/c1-16-5-8-21(9-6-16)30-27-31(4)26(32)24(34-27)14-20-11-17(2)25(18(3)12-20)33-15-19-7-10-22(28)23(29)13-19/h5-14H,15H2,1-4H3/b24-14-,30-27?. The van der Waals surface area contributed by atoms with Gasteiger partial charge in [0.15, 0.2) is 5.17 Å². The summed E-state index contributed by atoms with van der Waals surface area (Å²) >= 11 is 13.5. The molecule has 4 rings (SSSR count). The van der Waals surface area contributed by atoms with Gasteiger partial charge in [0.1, 0.15) is 12.4 Å². The van der Waals surface area contributed by atoms with Crippen LogP contribution < -0.4 is 4.74 Å². The fourth-order valence-corrected chi connectivity index (χ4v) is 4.92. The van der Waals surface area contributed by atoms with E-state index in [0.717, 1.165) is 33.7 Å². The van der Waals surface area contributed by atoms with Gasteiger partial charge in [-0.15, -0.1) is 0 Å². The van der Waals surface area contributed by atoms with Crippen LogP contribution in [0.4, 0.5) is 5.69 Å². The molecule has 3 aromatic rings. The van der Waals surface area contributed by atoms with Crippen LogP contribution in [0.15, 0.2) is 64.5 Å². The van der Waals surface area contributed by atoms with E-state index < -0.39 is 0 Å². The molecule has 1 aliphatic rings. The minimum absolute atomic E-state index is 0.0638. The number of thioether (sulfide) groups is 1. The monoisotopic (exact) mass is 510 g/mol. The number of halogens is 2. The van der Waals surface area contributed by atoms with Crippen molar-refractivity contribution in [3.8, 4) is 5.75 Å². The summed E-state index contributed by atoms with van der Waals surface area (Å²) in [5, 5.41) is 1.69. The van der Waals surface area contributed by atoms with Crippen molar-refractivity contribution < 1.29 is 9.53 Å². The van der Waals surface area contributed by atoms with Crippen molar-refractivity contribution in [2.24, 2.45) is 4.99 Å². The maximum atomic E-state index is 12.8. The number of aliphatic imine (C=N–C) groups is 1. The molecule has 7 heteroatoms. The first-order chi connectivity index (χ1) is 16.2. The molecular weight excluding hydrogens is 487 g/mol. The Kier molecular flexibility index (Phi) is 7.36. The van der Waals surface area contributed by atoms with Gasteiger partial charge in [-0.05, 0) is 97.3 Å². The maximum Gasteiger partial charge on any atom is 0.266 e. The van der Waals surface area contributed by atoms with E-state index in [4.69, 9.17) is 27.9 Å². The van der Waals surface area contributed by atoms with Gasteiger partial charge in [0.25, 0.3) is 5.91 Å². The van der Waals surface area contributed by atoms with Gasteiger partial charge in [-0.3, -0.25) is 9.69 Å². The maximum absolute atomic E-state index is 12.8. The lowest BCUT2D eigenvalue weighted by Crippen LogP contribution is -2.23. The number of carbonyl (C=O) groups is 1. The van der Waals surface area contributed by atoms with Crippen LogP contribution in [0, 0.1) is 20.8 Å². The molecule has 1 saturated heterocycles. The summed E-state index contributed by atoms with van der Waals surface area (Å²) in [5.41, 5.74) is 5.86. The molecule has 0 saturated carbocycles. The van der Waals surface area contributed by atoms with Gasteiger partial charge in [0.2, 0.25) is 0 Å². The number of nitrogens with zero attached hydrogens (tertiary/aromatic N) is 2. The Labute approximate surface area is 214 Å². The summed E-state index contributed by atoms with van der Waals surface area (Å²) in [4.78, 5) is 19.7. The number of hydrogen-bond donors (Lipinski definition) is 0. The Balaban J connectivity index is 1.53. The van der Waals surface area contributed by atoms with E-state index >= 15 is 0 Å². The summed E-state index contributed by atoms with van der Waals surface area (Å²) in [6.45, 7) is 6.42. The Morgan fingerprint density at radius 2 is 1.65 bits per heavy atom. The van der Waals surface area contributed by atoms with Gasteiger partial charge in [0, 0.05) is 7.05 Å². The van der Waals surface area contributed by atoms with Crippen LogP contribution in [-0.2, 0) is 11.4 Å². The zero-order chi connectivity index (χ0) is 24.4. The summed E-state index contributed by atoms with van der Waals surface area (Å²) in [5.74, 6) is 0.753. The summed E-state index contributed by atoms with van der Waals surface area (Å²) < 4.78 is 6.08. The predicted octanol–water partition coefficient (Wildman–Crippen LogP) is 7.73. The van der Waals surface area contributed by atoms with Crippen molar-refractivity contribution in [1.29, 1.82) is 0 Å². The number of ether oxygens (including phenoxy) is 1. The van der Waals surface area contributed by atoms with Crippen molar-refractivity contribution in [2.45, 2.75) is 27.4 Å². The minimum atomic E-state index is -0.0638. The number of amides is 1. The molecule has 0 unspecified atom stereocenters. The van der Waals surface area contributed by atoms with Gasteiger partial charge >= 0.3 is 0 Å². The Bertz CT molecular complexity index is 1290. The molecule has 0 spiro atoms. The van der Waals surface area contributed by atoms with Gasteiger partial charge in [0.05, 0.1) is 20.6 Å². The van der Waals surface area contributed by atoms with Crippen molar-refractivity contribution >= 4 is 57.8 Å². The van der Waals surface area contributed by atoms with Gasteiger partial charge in [-0.1, -0.05) is 47.0 Å². The molecule has 34 heavy (non-hydrogen) atoms. The molecule has 1 heterocycles. The average molecular weight is 511 g/mol. The van der Waals surface area contributed by atoms with Crippen molar-refractivity contribution in [2.75, 3.05) is 7.05 Å². The molecule has 3 aromatic carbocycles. The molecule has 0 radical (unpaired) electrons. The van der Waals surface area contributed by atoms with Crippen molar-refractivity contribution in [3.63, 3.8) is 0 Å². The quantitative estimate of drug-likeness (QED) is 0.329. The Morgan fingerprint density at radius 3 is 2.29 bits per heavy atom. The third-order valence-corrected chi connectivity index (χ3v) is 7.21. The van der Waals surface area contributed by atoms with Crippen LogP contribution >= 0.6 is 35.0 Å². The average Bonchev–Trinajstić information content (AvgIpc) is 3.05. The van der Waals surface area contributed by atoms with Crippen LogP contribution in [0.3, 0.4) is 0 Å². The number of amidine groups is 1. The molecule has 1 fully saturated rings. The van der Waals surface area contributed by atoms with Gasteiger partial charge in [-0.25, -0.2) is 4.99 Å². The molecule has 174 valence electrons. The Hall–Kier alpha value is -2.73. The lowest BCUT2D eigenvalue weighted by atomic mass is 10.0. The molecule has 1 amide bonds. The lowest BCUT2D eigenvalue weighted by Gasteiger charge is -2.14. The highest BCUT2D eigenvalue weighted by atomic mass is 35.5. The zero-order valence-corrected chi connectivity index (χ0v) is 21.7. The highest BCUT2D eigenvalue weighted by Crippen LogP contribution is 2.35.